The Hall–Kier alpha value is -3.10. The van der Waals surface area contributed by atoms with Crippen molar-refractivity contribution < 1.29 is 27.9 Å². The first-order chi connectivity index (χ1) is 15.9. The van der Waals surface area contributed by atoms with Crippen LogP contribution in [0.1, 0.15) is 50.6 Å². The molecule has 34 heavy (non-hydrogen) atoms. The predicted octanol–water partition coefficient (Wildman–Crippen LogP) is 6.81. The van der Waals surface area contributed by atoms with Gasteiger partial charge in [0.05, 0.1) is 11.5 Å². The van der Waals surface area contributed by atoms with Gasteiger partial charge in [0.25, 0.3) is 5.91 Å². The Kier molecular flexibility index (Phi) is 7.53. The van der Waals surface area contributed by atoms with Gasteiger partial charge in [0.15, 0.2) is 0 Å². The van der Waals surface area contributed by atoms with Crippen molar-refractivity contribution >= 4 is 40.8 Å². The third-order valence-corrected chi connectivity index (χ3v) is 6.04. The van der Waals surface area contributed by atoms with Crippen LogP contribution in [0.4, 0.5) is 18.9 Å². The minimum Gasteiger partial charge on any atom is -0.478 e. The monoisotopic (exact) mass is 510 g/mol. The van der Waals surface area contributed by atoms with Crippen LogP contribution in [-0.4, -0.2) is 35.2 Å². The van der Waals surface area contributed by atoms with Crippen LogP contribution in [-0.2, 0) is 0 Å². The third kappa shape index (κ3) is 5.51. The van der Waals surface area contributed by atoms with E-state index in [9.17, 15) is 22.8 Å². The summed E-state index contributed by atoms with van der Waals surface area (Å²) in [6.45, 7) is 1.41. The number of rotatable bonds is 6. The molecule has 0 saturated heterocycles. The highest BCUT2D eigenvalue weighted by atomic mass is 35.5. The van der Waals surface area contributed by atoms with Crippen molar-refractivity contribution in [2.75, 3.05) is 11.9 Å². The number of carboxylic acids is 1. The fourth-order valence-corrected chi connectivity index (χ4v) is 4.25. The number of amides is 1. The van der Waals surface area contributed by atoms with E-state index < -0.39 is 29.9 Å². The number of nitrogens with zero attached hydrogens (tertiary/aromatic N) is 2. The van der Waals surface area contributed by atoms with Crippen LogP contribution in [0, 0.1) is 0 Å². The van der Waals surface area contributed by atoms with Crippen LogP contribution in [0.2, 0.25) is 10.2 Å². The Labute approximate surface area is 203 Å². The lowest BCUT2D eigenvalue weighted by Crippen LogP contribution is -2.27. The molecule has 2 unspecified atom stereocenters. The van der Waals surface area contributed by atoms with Gasteiger partial charge in [0.1, 0.15) is 5.15 Å². The maximum Gasteiger partial charge on any atom is 0.396 e. The number of benzene rings is 2. The number of hydrogen-bond acceptors (Lipinski definition) is 3. The van der Waals surface area contributed by atoms with Crippen LogP contribution in [0.3, 0.4) is 0 Å². The molecule has 1 aromatic heterocycles. The normalized spacial score (nSPS) is 13.3. The standard InChI is InChI=1S/C24H19Cl2F3N2O3/c1-13(21(24(27,28)29)15-9-10-30-20(26)12-15)18-8-5-16(11-19(18)25)22(32)31(2)17-6-3-14(4-7-17)23(33)34/h3-13,21H,1-2H3,(H,33,34). The minimum atomic E-state index is -4.58. The molecule has 10 heteroatoms. The number of anilines is 1. The topological polar surface area (TPSA) is 70.5 Å². The minimum absolute atomic E-state index is 0.0161. The van der Waals surface area contributed by atoms with Crippen LogP contribution >= 0.6 is 23.2 Å². The van der Waals surface area contributed by atoms with Crippen molar-refractivity contribution in [3.63, 3.8) is 0 Å². The first-order valence-corrected chi connectivity index (χ1v) is 10.7. The maximum absolute atomic E-state index is 14.0. The molecular weight excluding hydrogens is 492 g/mol. The Morgan fingerprint density at radius 3 is 2.15 bits per heavy atom. The van der Waals surface area contributed by atoms with Crippen LogP contribution in [0.5, 0.6) is 0 Å². The van der Waals surface area contributed by atoms with E-state index >= 15 is 0 Å². The van der Waals surface area contributed by atoms with Gasteiger partial charge in [-0.2, -0.15) is 13.2 Å². The van der Waals surface area contributed by atoms with Gasteiger partial charge in [0.2, 0.25) is 0 Å². The van der Waals surface area contributed by atoms with Crippen LogP contribution < -0.4 is 4.90 Å². The number of aromatic carboxylic acids is 1. The molecule has 0 radical (unpaired) electrons. The predicted molar refractivity (Wildman–Crippen MR) is 124 cm³/mol. The molecule has 0 aliphatic carbocycles. The number of carbonyl (C=O) groups excluding carboxylic acids is 1. The molecule has 5 nitrogen and oxygen atoms in total. The number of aromatic nitrogens is 1. The second-order valence-corrected chi connectivity index (χ2v) is 8.47. The maximum atomic E-state index is 14.0. The van der Waals surface area contributed by atoms with Crippen molar-refractivity contribution in [3.05, 3.63) is 93.2 Å². The molecule has 3 rings (SSSR count). The fourth-order valence-electron chi connectivity index (χ4n) is 3.72. The molecule has 0 aliphatic rings. The number of hydrogen-bond donors (Lipinski definition) is 1. The summed E-state index contributed by atoms with van der Waals surface area (Å²) < 4.78 is 41.9. The van der Waals surface area contributed by atoms with E-state index in [0.717, 1.165) is 0 Å². The lowest BCUT2D eigenvalue weighted by Gasteiger charge is -2.28. The molecule has 2 atom stereocenters. The van der Waals surface area contributed by atoms with E-state index in [-0.39, 0.29) is 32.4 Å². The Morgan fingerprint density at radius 2 is 1.62 bits per heavy atom. The lowest BCUT2D eigenvalue weighted by molar-refractivity contribution is -0.154. The number of pyridine rings is 1. The number of carbonyl (C=O) groups is 2. The lowest BCUT2D eigenvalue weighted by atomic mass is 9.82. The molecule has 0 fully saturated rings. The van der Waals surface area contributed by atoms with E-state index in [1.54, 1.807) is 0 Å². The molecule has 0 spiro atoms. The van der Waals surface area contributed by atoms with E-state index in [2.05, 4.69) is 4.98 Å². The Bertz CT molecular complexity index is 1220. The zero-order valence-corrected chi connectivity index (χ0v) is 19.5. The summed E-state index contributed by atoms with van der Waals surface area (Å²) >= 11 is 12.2. The summed E-state index contributed by atoms with van der Waals surface area (Å²) in [6, 6.07) is 12.3. The van der Waals surface area contributed by atoms with E-state index in [4.69, 9.17) is 28.3 Å². The van der Waals surface area contributed by atoms with Gasteiger partial charge in [-0.25, -0.2) is 9.78 Å². The molecule has 2 aromatic carbocycles. The van der Waals surface area contributed by atoms with Crippen LogP contribution in [0.25, 0.3) is 0 Å². The summed E-state index contributed by atoms with van der Waals surface area (Å²) in [5, 5.41) is 8.97. The van der Waals surface area contributed by atoms with Gasteiger partial charge >= 0.3 is 12.1 Å². The largest absolute Gasteiger partial charge is 0.478 e. The zero-order chi connectivity index (χ0) is 25.2. The van der Waals surface area contributed by atoms with Gasteiger partial charge in [-0.3, -0.25) is 4.79 Å². The summed E-state index contributed by atoms with van der Waals surface area (Å²) in [5.41, 5.74) is 0.861. The van der Waals surface area contributed by atoms with Crippen molar-refractivity contribution in [2.45, 2.75) is 24.9 Å². The second-order valence-electron chi connectivity index (χ2n) is 7.67. The molecule has 1 N–H and O–H groups in total. The SMILES string of the molecule is CC(c1ccc(C(=O)N(C)c2ccc(C(=O)O)cc2)cc1Cl)C(c1ccnc(Cl)c1)C(F)(F)F. The quantitative estimate of drug-likeness (QED) is 0.369. The summed E-state index contributed by atoms with van der Waals surface area (Å²) in [6.07, 6.45) is -3.37. The highest BCUT2D eigenvalue weighted by Crippen LogP contribution is 2.46. The molecule has 0 aliphatic heterocycles. The molecule has 1 amide bonds. The molecular formula is C24H19Cl2F3N2O3. The summed E-state index contributed by atoms with van der Waals surface area (Å²) in [5.74, 6) is -4.51. The van der Waals surface area contributed by atoms with Gasteiger partial charge in [-0.1, -0.05) is 36.2 Å². The number of alkyl halides is 3. The molecule has 178 valence electrons. The number of halogens is 5. The Balaban J connectivity index is 1.89. The molecule has 0 saturated carbocycles. The first kappa shape index (κ1) is 25.5. The van der Waals surface area contributed by atoms with Gasteiger partial charge < -0.3 is 10.0 Å². The van der Waals surface area contributed by atoms with Crippen molar-refractivity contribution in [2.24, 2.45) is 0 Å². The first-order valence-electron chi connectivity index (χ1n) is 9.99. The van der Waals surface area contributed by atoms with E-state index in [0.29, 0.717) is 5.69 Å². The summed E-state index contributed by atoms with van der Waals surface area (Å²) in [7, 11) is 1.50. The van der Waals surface area contributed by atoms with Crippen molar-refractivity contribution in [1.82, 2.24) is 4.98 Å². The average Bonchev–Trinajstić information content (AvgIpc) is 2.77. The van der Waals surface area contributed by atoms with E-state index in [1.165, 1.54) is 79.7 Å². The molecule has 3 aromatic rings. The zero-order valence-electron chi connectivity index (χ0n) is 18.0. The molecule has 1 heterocycles. The highest BCUT2D eigenvalue weighted by Gasteiger charge is 2.45. The third-order valence-electron chi connectivity index (χ3n) is 5.51. The number of carboxylic acid groups (broad SMARTS) is 1. The highest BCUT2D eigenvalue weighted by molar-refractivity contribution is 6.32. The average molecular weight is 511 g/mol. The Morgan fingerprint density at radius 1 is 1.00 bits per heavy atom. The van der Waals surface area contributed by atoms with Gasteiger partial charge in [0, 0.05) is 29.5 Å². The smallest absolute Gasteiger partial charge is 0.396 e. The summed E-state index contributed by atoms with van der Waals surface area (Å²) in [4.78, 5) is 28.9. The van der Waals surface area contributed by atoms with Crippen LogP contribution in [0.15, 0.2) is 60.8 Å². The fraction of sp³-hybridized carbons (Fsp3) is 0.208. The molecule has 0 bridgehead atoms. The van der Waals surface area contributed by atoms with Crippen molar-refractivity contribution in [1.29, 1.82) is 0 Å². The van der Waals surface area contributed by atoms with Gasteiger partial charge in [-0.15, -0.1) is 0 Å². The second kappa shape index (κ2) is 10.0. The van der Waals surface area contributed by atoms with E-state index in [1.807, 2.05) is 0 Å². The van der Waals surface area contributed by atoms with Gasteiger partial charge in [-0.05, 0) is 65.6 Å². The van der Waals surface area contributed by atoms with Crippen molar-refractivity contribution in [3.8, 4) is 0 Å².